The van der Waals surface area contributed by atoms with Gasteiger partial charge in [-0.25, -0.2) is 13.2 Å². The van der Waals surface area contributed by atoms with Crippen LogP contribution in [0.25, 0.3) is 5.52 Å². The Balaban J connectivity index is 1.71. The number of hydrogen-bond donors (Lipinski definition) is 2. The van der Waals surface area contributed by atoms with Crippen molar-refractivity contribution in [3.05, 3.63) is 75.5 Å². The maximum Gasteiger partial charge on any atom is 0.437 e. The van der Waals surface area contributed by atoms with Crippen molar-refractivity contribution < 1.29 is 35.9 Å². The topological polar surface area (TPSA) is 84.3 Å². The van der Waals surface area contributed by atoms with Crippen LogP contribution in [-0.4, -0.2) is 25.7 Å². The number of fused-ring (bicyclic) bond motifs is 1. The van der Waals surface area contributed by atoms with Gasteiger partial charge in [-0.15, -0.1) is 0 Å². The molecule has 4 rings (SSSR count). The molecule has 0 saturated heterocycles. The second-order valence-electron chi connectivity index (χ2n) is 7.76. The molecule has 0 aliphatic rings. The predicted octanol–water partition coefficient (Wildman–Crippen LogP) is 5.25. The van der Waals surface area contributed by atoms with Crippen molar-refractivity contribution in [1.29, 1.82) is 0 Å². The molecule has 0 radical (unpaired) electrons. The van der Waals surface area contributed by atoms with Crippen molar-refractivity contribution in [2.45, 2.75) is 33.6 Å². The summed E-state index contributed by atoms with van der Waals surface area (Å²) in [5.74, 6) is -4.57. The molecule has 0 saturated carbocycles. The number of carbonyl (C=O) groups is 1. The van der Waals surface area contributed by atoms with Crippen LogP contribution >= 0.6 is 0 Å². The van der Waals surface area contributed by atoms with Gasteiger partial charge in [-0.2, -0.15) is 27.9 Å². The SMILES string of the molecule is Cc1cc(OCc2c(F)ccc(F)c2F)n2nc(C)c(C(=O)Nc3c(C(F)(F)F)n[nH]c3C)c2c1. The molecule has 2 N–H and O–H groups in total. The van der Waals surface area contributed by atoms with Crippen LogP contribution in [0.3, 0.4) is 0 Å². The summed E-state index contributed by atoms with van der Waals surface area (Å²) in [4.78, 5) is 13.0. The maximum atomic E-state index is 14.0. The molecule has 4 aromatic rings. The third-order valence-corrected chi connectivity index (χ3v) is 5.21. The van der Waals surface area contributed by atoms with Gasteiger partial charge < -0.3 is 10.1 Å². The molecule has 184 valence electrons. The molecule has 0 bridgehead atoms. The van der Waals surface area contributed by atoms with Crippen molar-refractivity contribution in [1.82, 2.24) is 19.8 Å². The molecule has 3 heterocycles. The number of hydrogen-bond acceptors (Lipinski definition) is 4. The Morgan fingerprint density at radius 1 is 1.11 bits per heavy atom. The van der Waals surface area contributed by atoms with E-state index >= 15 is 0 Å². The predicted molar refractivity (Wildman–Crippen MR) is 112 cm³/mol. The van der Waals surface area contributed by atoms with Crippen LogP contribution in [0.2, 0.25) is 0 Å². The monoisotopic (exact) mass is 497 g/mol. The Hall–Kier alpha value is -4.03. The van der Waals surface area contributed by atoms with Crippen LogP contribution in [0.4, 0.5) is 32.0 Å². The molecule has 1 aromatic carbocycles. The van der Waals surface area contributed by atoms with Crippen LogP contribution in [0.1, 0.15) is 38.6 Å². The van der Waals surface area contributed by atoms with Gasteiger partial charge in [0.2, 0.25) is 5.88 Å². The van der Waals surface area contributed by atoms with Gasteiger partial charge in [0.05, 0.1) is 33.7 Å². The van der Waals surface area contributed by atoms with Gasteiger partial charge in [0.1, 0.15) is 12.4 Å². The van der Waals surface area contributed by atoms with E-state index in [9.17, 15) is 31.1 Å². The summed E-state index contributed by atoms with van der Waals surface area (Å²) >= 11 is 0. The Morgan fingerprint density at radius 2 is 1.80 bits per heavy atom. The highest BCUT2D eigenvalue weighted by Gasteiger charge is 2.38. The fraction of sp³-hybridized carbons (Fsp3) is 0.227. The second-order valence-corrected chi connectivity index (χ2v) is 7.76. The molecule has 0 fully saturated rings. The zero-order chi connectivity index (χ0) is 25.7. The number of aromatic nitrogens is 4. The van der Waals surface area contributed by atoms with Gasteiger partial charge in [0.25, 0.3) is 5.91 Å². The third-order valence-electron chi connectivity index (χ3n) is 5.21. The number of aryl methyl sites for hydroxylation is 3. The van der Waals surface area contributed by atoms with E-state index in [-0.39, 0.29) is 28.3 Å². The first-order chi connectivity index (χ1) is 16.4. The van der Waals surface area contributed by atoms with E-state index in [1.807, 2.05) is 0 Å². The Labute approximate surface area is 193 Å². The van der Waals surface area contributed by atoms with Crippen molar-refractivity contribution in [2.75, 3.05) is 5.32 Å². The molecule has 0 aliphatic carbocycles. The first kappa shape index (κ1) is 24.1. The molecule has 13 heteroatoms. The molecule has 35 heavy (non-hydrogen) atoms. The fourth-order valence-corrected chi connectivity index (χ4v) is 3.55. The van der Waals surface area contributed by atoms with Crippen molar-refractivity contribution >= 4 is 17.1 Å². The minimum absolute atomic E-state index is 0.000786. The van der Waals surface area contributed by atoms with E-state index < -0.39 is 53.1 Å². The number of benzene rings is 1. The lowest BCUT2D eigenvalue weighted by molar-refractivity contribution is -0.140. The molecule has 0 atom stereocenters. The summed E-state index contributed by atoms with van der Waals surface area (Å²) in [7, 11) is 0. The first-order valence-corrected chi connectivity index (χ1v) is 10.1. The normalized spacial score (nSPS) is 11.8. The van der Waals surface area contributed by atoms with Crippen molar-refractivity contribution in [3.63, 3.8) is 0 Å². The van der Waals surface area contributed by atoms with Crippen LogP contribution in [0, 0.1) is 38.2 Å². The van der Waals surface area contributed by atoms with Crippen LogP contribution < -0.4 is 10.1 Å². The van der Waals surface area contributed by atoms with Gasteiger partial charge in [0.15, 0.2) is 17.3 Å². The van der Waals surface area contributed by atoms with E-state index in [4.69, 9.17) is 4.74 Å². The zero-order valence-electron chi connectivity index (χ0n) is 18.4. The molecular formula is C22H17F6N5O2. The van der Waals surface area contributed by atoms with Crippen LogP contribution in [0.15, 0.2) is 24.3 Å². The Kier molecular flexibility index (Phi) is 5.95. The van der Waals surface area contributed by atoms with E-state index in [1.165, 1.54) is 30.5 Å². The number of nitrogens with one attached hydrogen (secondary N) is 2. The number of pyridine rings is 1. The maximum absolute atomic E-state index is 14.0. The molecule has 0 aliphatic heterocycles. The van der Waals surface area contributed by atoms with Gasteiger partial charge in [-0.3, -0.25) is 9.89 Å². The number of alkyl halides is 3. The lowest BCUT2D eigenvalue weighted by Crippen LogP contribution is -2.17. The summed E-state index contributed by atoms with van der Waals surface area (Å²) in [6, 6.07) is 4.42. The van der Waals surface area contributed by atoms with Gasteiger partial charge in [-0.1, -0.05) is 0 Å². The average Bonchev–Trinajstić information content (AvgIpc) is 3.29. The first-order valence-electron chi connectivity index (χ1n) is 10.1. The average molecular weight is 497 g/mol. The quantitative estimate of drug-likeness (QED) is 0.292. The smallest absolute Gasteiger partial charge is 0.437 e. The van der Waals surface area contributed by atoms with E-state index in [1.54, 1.807) is 6.92 Å². The molecule has 0 unspecified atom stereocenters. The lowest BCUT2D eigenvalue weighted by atomic mass is 10.1. The fourth-order valence-electron chi connectivity index (χ4n) is 3.55. The molecule has 1 amide bonds. The molecular weight excluding hydrogens is 480 g/mol. The Bertz CT molecular complexity index is 1460. The zero-order valence-corrected chi connectivity index (χ0v) is 18.4. The lowest BCUT2D eigenvalue weighted by Gasteiger charge is -2.11. The Morgan fingerprint density at radius 3 is 2.49 bits per heavy atom. The number of aromatic amines is 1. The standard InChI is InChI=1S/C22H17F6N5O2/c1-9-6-15-17(21(34)29-19-11(3)30-31-20(19)22(26,27)28)10(2)32-33(15)16(7-9)35-8-12-13(23)4-5-14(24)18(12)25/h4-7H,8H2,1-3H3,(H,29,34)(H,30,31). The van der Waals surface area contributed by atoms with Crippen LogP contribution in [-0.2, 0) is 12.8 Å². The van der Waals surface area contributed by atoms with E-state index in [0.717, 1.165) is 6.07 Å². The largest absolute Gasteiger partial charge is 0.473 e. The number of anilines is 1. The summed E-state index contributed by atoms with van der Waals surface area (Å²) in [5.41, 5.74) is -1.62. The number of rotatable bonds is 5. The molecule has 0 spiro atoms. The highest BCUT2D eigenvalue weighted by atomic mass is 19.4. The summed E-state index contributed by atoms with van der Waals surface area (Å²) in [5, 5.41) is 11.8. The highest BCUT2D eigenvalue weighted by Crippen LogP contribution is 2.35. The van der Waals surface area contributed by atoms with Crippen molar-refractivity contribution in [3.8, 4) is 5.88 Å². The number of nitrogens with zero attached hydrogens (tertiary/aromatic N) is 3. The highest BCUT2D eigenvalue weighted by molar-refractivity contribution is 6.10. The van der Waals surface area contributed by atoms with E-state index in [0.29, 0.717) is 11.6 Å². The number of ether oxygens (including phenoxy) is 1. The van der Waals surface area contributed by atoms with Gasteiger partial charge >= 0.3 is 6.18 Å². The number of H-pyrrole nitrogens is 1. The summed E-state index contributed by atoms with van der Waals surface area (Å²) in [6.45, 7) is 3.74. The second kappa shape index (κ2) is 8.64. The van der Waals surface area contributed by atoms with Gasteiger partial charge in [0, 0.05) is 6.07 Å². The minimum Gasteiger partial charge on any atom is -0.473 e. The summed E-state index contributed by atoms with van der Waals surface area (Å²) < 4.78 is 87.9. The molecule has 7 nitrogen and oxygen atoms in total. The number of halogens is 6. The number of carbonyl (C=O) groups excluding carboxylic acids is 1. The van der Waals surface area contributed by atoms with E-state index in [2.05, 4.69) is 20.6 Å². The molecule has 3 aromatic heterocycles. The minimum atomic E-state index is -4.80. The van der Waals surface area contributed by atoms with Crippen LogP contribution in [0.5, 0.6) is 5.88 Å². The van der Waals surface area contributed by atoms with Crippen molar-refractivity contribution in [2.24, 2.45) is 0 Å². The number of amides is 1. The summed E-state index contributed by atoms with van der Waals surface area (Å²) in [6.07, 6.45) is -4.80. The van der Waals surface area contributed by atoms with Gasteiger partial charge in [-0.05, 0) is 44.5 Å². The third kappa shape index (κ3) is 4.40.